The zero-order valence-corrected chi connectivity index (χ0v) is 17.8. The Labute approximate surface area is 184 Å². The lowest BCUT2D eigenvalue weighted by Gasteiger charge is -2.14. The van der Waals surface area contributed by atoms with Crippen molar-refractivity contribution in [1.29, 1.82) is 0 Å². The van der Waals surface area contributed by atoms with Gasteiger partial charge in [0.2, 0.25) is 5.91 Å². The van der Waals surface area contributed by atoms with Crippen molar-refractivity contribution in [2.75, 3.05) is 11.9 Å². The van der Waals surface area contributed by atoms with Crippen LogP contribution in [0.25, 0.3) is 6.08 Å². The first-order valence-corrected chi connectivity index (χ1v) is 10.5. The molecule has 0 bridgehead atoms. The van der Waals surface area contributed by atoms with Crippen molar-refractivity contribution < 1.29 is 19.5 Å². The van der Waals surface area contributed by atoms with E-state index in [4.69, 9.17) is 12.2 Å². The van der Waals surface area contributed by atoms with Gasteiger partial charge in [-0.25, -0.2) is 0 Å². The van der Waals surface area contributed by atoms with Crippen LogP contribution in [0.1, 0.15) is 34.3 Å². The van der Waals surface area contributed by atoms with Crippen LogP contribution in [0.5, 0.6) is 0 Å². The first kappa shape index (κ1) is 21.7. The van der Waals surface area contributed by atoms with E-state index in [-0.39, 0.29) is 23.8 Å². The Bertz CT molecular complexity index is 1010. The van der Waals surface area contributed by atoms with Crippen molar-refractivity contribution in [2.24, 2.45) is 0 Å². The molecule has 0 aromatic heterocycles. The summed E-state index contributed by atoms with van der Waals surface area (Å²) >= 11 is 6.58. The molecular weight excluding hydrogens is 420 g/mol. The van der Waals surface area contributed by atoms with Gasteiger partial charge in [-0.3, -0.25) is 14.5 Å². The lowest BCUT2D eigenvalue weighted by molar-refractivity contribution is -0.255. The molecule has 1 heterocycles. The van der Waals surface area contributed by atoms with Crippen LogP contribution < -0.4 is 10.4 Å². The van der Waals surface area contributed by atoms with E-state index in [9.17, 15) is 19.5 Å². The maximum Gasteiger partial charge on any atom is 0.266 e. The summed E-state index contributed by atoms with van der Waals surface area (Å²) in [5, 5.41) is 13.4. The van der Waals surface area contributed by atoms with Gasteiger partial charge < -0.3 is 15.2 Å². The Balaban J connectivity index is 1.51. The molecule has 1 aliphatic heterocycles. The molecule has 0 atom stereocenters. The Kier molecular flexibility index (Phi) is 7.02. The van der Waals surface area contributed by atoms with Crippen molar-refractivity contribution in [3.8, 4) is 0 Å². The van der Waals surface area contributed by atoms with Crippen LogP contribution in [-0.4, -0.2) is 33.5 Å². The number of hydrogen-bond donors (Lipinski definition) is 1. The molecule has 1 saturated heterocycles. The summed E-state index contributed by atoms with van der Waals surface area (Å²) < 4.78 is 0.483. The predicted octanol–water partition coefficient (Wildman–Crippen LogP) is 2.98. The average molecular weight is 440 g/mol. The first-order chi connectivity index (χ1) is 14.3. The number of amides is 2. The topological polar surface area (TPSA) is 89.5 Å². The summed E-state index contributed by atoms with van der Waals surface area (Å²) in [6, 6.07) is 13.6. The van der Waals surface area contributed by atoms with Crippen LogP contribution in [-0.2, 0) is 9.59 Å². The summed E-state index contributed by atoms with van der Waals surface area (Å²) in [6.45, 7) is 2.36. The number of anilines is 1. The van der Waals surface area contributed by atoms with E-state index in [0.717, 1.165) is 11.1 Å². The van der Waals surface area contributed by atoms with Crippen LogP contribution in [0.3, 0.4) is 0 Å². The molecule has 2 aromatic carbocycles. The van der Waals surface area contributed by atoms with Gasteiger partial charge in [0.15, 0.2) is 0 Å². The minimum absolute atomic E-state index is 0.0426. The summed E-state index contributed by atoms with van der Waals surface area (Å²) in [5.74, 6) is -1.64. The number of thiocarbonyl (C=S) groups is 1. The number of carboxylic acid groups (broad SMARTS) is 1. The third-order valence-corrected chi connectivity index (χ3v) is 5.82. The van der Waals surface area contributed by atoms with Gasteiger partial charge in [0, 0.05) is 18.7 Å². The van der Waals surface area contributed by atoms with Crippen molar-refractivity contribution in [2.45, 2.75) is 19.8 Å². The Hall–Kier alpha value is -2.97. The van der Waals surface area contributed by atoms with E-state index >= 15 is 0 Å². The fourth-order valence-electron chi connectivity index (χ4n) is 2.82. The number of aromatic carboxylic acids is 1. The summed E-state index contributed by atoms with van der Waals surface area (Å²) in [7, 11) is 0. The number of rotatable bonds is 7. The van der Waals surface area contributed by atoms with E-state index in [2.05, 4.69) is 5.32 Å². The molecule has 0 unspecified atom stereocenters. The third-order valence-electron chi connectivity index (χ3n) is 4.44. The van der Waals surface area contributed by atoms with Crippen LogP contribution in [0.4, 0.5) is 5.69 Å². The normalized spacial score (nSPS) is 15.0. The van der Waals surface area contributed by atoms with Gasteiger partial charge in [-0.2, -0.15) is 0 Å². The van der Waals surface area contributed by atoms with Crippen molar-refractivity contribution in [1.82, 2.24) is 4.90 Å². The number of carbonyl (C=O) groups is 3. The van der Waals surface area contributed by atoms with Crippen molar-refractivity contribution in [3.05, 3.63) is 70.1 Å². The summed E-state index contributed by atoms with van der Waals surface area (Å²) in [5.41, 5.74) is 2.62. The van der Waals surface area contributed by atoms with E-state index in [1.54, 1.807) is 0 Å². The SMILES string of the molecule is Cc1ccc(/C=C2\SC(=S)N(CCCC(=O)Nc3ccc(C(=O)[O-])cc3)C2=O)cc1. The van der Waals surface area contributed by atoms with E-state index in [1.807, 2.05) is 37.3 Å². The van der Waals surface area contributed by atoms with Crippen LogP contribution in [0.15, 0.2) is 53.4 Å². The highest BCUT2D eigenvalue weighted by molar-refractivity contribution is 8.26. The van der Waals surface area contributed by atoms with E-state index < -0.39 is 5.97 Å². The Morgan fingerprint density at radius 2 is 1.80 bits per heavy atom. The lowest BCUT2D eigenvalue weighted by Crippen LogP contribution is -2.29. The molecule has 2 aromatic rings. The Morgan fingerprint density at radius 3 is 2.43 bits per heavy atom. The molecule has 2 amide bonds. The van der Waals surface area contributed by atoms with Gasteiger partial charge in [0.1, 0.15) is 4.32 Å². The van der Waals surface area contributed by atoms with Gasteiger partial charge in [-0.1, -0.05) is 65.9 Å². The number of nitrogens with one attached hydrogen (secondary N) is 1. The first-order valence-electron chi connectivity index (χ1n) is 9.27. The standard InChI is InChI=1S/C22H20N2O4S2/c1-14-4-6-15(7-5-14)13-18-20(26)24(22(29)30-18)12-2-3-19(25)23-17-10-8-16(9-11-17)21(27)28/h4-11,13H,2-3,12H2,1H3,(H,23,25)(H,27,28)/p-1/b18-13-. The molecular formula is C22H19N2O4S2-. The average Bonchev–Trinajstić information content (AvgIpc) is 2.97. The second-order valence-corrected chi connectivity index (χ2v) is 8.44. The smallest absolute Gasteiger partial charge is 0.266 e. The second-order valence-electron chi connectivity index (χ2n) is 6.76. The molecule has 1 N–H and O–H groups in total. The molecule has 1 fully saturated rings. The summed E-state index contributed by atoms with van der Waals surface area (Å²) in [4.78, 5) is 37.6. The van der Waals surface area contributed by atoms with E-state index in [0.29, 0.717) is 27.9 Å². The minimum Gasteiger partial charge on any atom is -0.545 e. The largest absolute Gasteiger partial charge is 0.545 e. The van der Waals surface area contributed by atoms with Crippen LogP contribution in [0.2, 0.25) is 0 Å². The zero-order chi connectivity index (χ0) is 21.7. The highest BCUT2D eigenvalue weighted by atomic mass is 32.2. The number of benzene rings is 2. The number of thioether (sulfide) groups is 1. The molecule has 0 radical (unpaired) electrons. The monoisotopic (exact) mass is 439 g/mol. The highest BCUT2D eigenvalue weighted by Crippen LogP contribution is 2.32. The fourth-order valence-corrected chi connectivity index (χ4v) is 4.13. The zero-order valence-electron chi connectivity index (χ0n) is 16.2. The number of nitrogens with zero attached hydrogens (tertiary/aromatic N) is 1. The maximum atomic E-state index is 12.6. The van der Waals surface area contributed by atoms with Crippen molar-refractivity contribution in [3.63, 3.8) is 0 Å². The van der Waals surface area contributed by atoms with Gasteiger partial charge in [0.05, 0.1) is 10.9 Å². The number of aryl methyl sites for hydroxylation is 1. The molecule has 6 nitrogen and oxygen atoms in total. The molecule has 0 aliphatic carbocycles. The molecule has 30 heavy (non-hydrogen) atoms. The fraction of sp³-hybridized carbons (Fsp3) is 0.182. The molecule has 3 rings (SSSR count). The van der Waals surface area contributed by atoms with Crippen molar-refractivity contribution >= 4 is 57.8 Å². The number of carbonyl (C=O) groups excluding carboxylic acids is 3. The second kappa shape index (κ2) is 9.69. The minimum atomic E-state index is -1.27. The molecule has 0 spiro atoms. The third kappa shape index (κ3) is 5.55. The summed E-state index contributed by atoms with van der Waals surface area (Å²) in [6.07, 6.45) is 2.48. The number of hydrogen-bond acceptors (Lipinski definition) is 6. The lowest BCUT2D eigenvalue weighted by atomic mass is 10.1. The molecule has 8 heteroatoms. The molecule has 154 valence electrons. The molecule has 1 aliphatic rings. The van der Waals surface area contributed by atoms with Gasteiger partial charge in [-0.05, 0) is 42.7 Å². The predicted molar refractivity (Wildman–Crippen MR) is 120 cm³/mol. The van der Waals surface area contributed by atoms with E-state index in [1.165, 1.54) is 40.9 Å². The maximum absolute atomic E-state index is 12.6. The quantitative estimate of drug-likeness (QED) is 0.527. The van der Waals surface area contributed by atoms with Gasteiger partial charge >= 0.3 is 0 Å². The number of carboxylic acids is 1. The Morgan fingerprint density at radius 1 is 1.13 bits per heavy atom. The van der Waals surface area contributed by atoms with Gasteiger partial charge in [0.25, 0.3) is 5.91 Å². The van der Waals surface area contributed by atoms with Crippen LogP contribution in [0, 0.1) is 6.92 Å². The highest BCUT2D eigenvalue weighted by Gasteiger charge is 2.31. The molecule has 0 saturated carbocycles. The van der Waals surface area contributed by atoms with Crippen LogP contribution >= 0.6 is 24.0 Å². The van der Waals surface area contributed by atoms with Gasteiger partial charge in [-0.15, -0.1) is 0 Å².